The second-order valence-electron chi connectivity index (χ2n) is 6.25. The van der Waals surface area contributed by atoms with Crippen LogP contribution in [0.1, 0.15) is 5.56 Å². The van der Waals surface area contributed by atoms with Crippen LogP contribution < -0.4 is 32.1 Å². The van der Waals surface area contributed by atoms with Crippen LogP contribution in [0.5, 0.6) is 0 Å². The van der Waals surface area contributed by atoms with Gasteiger partial charge in [-0.15, -0.1) is 0 Å². The summed E-state index contributed by atoms with van der Waals surface area (Å²) in [6.07, 6.45) is 1.75. The molecule has 0 aliphatic rings. The standard InChI is InChI=1S/C20H30N6/c1-23-11-12-25(2)19-9-6-10-20(13-19)26(22)16-18(21)15-24-14-17-7-4-3-5-8-17/h3-10,13,16,23-24H,11-12,14-15,21-22H2,1-2H3/b18-16-. The fourth-order valence-corrected chi connectivity index (χ4v) is 2.55. The first-order chi connectivity index (χ1) is 12.6. The lowest BCUT2D eigenvalue weighted by atomic mass is 10.2. The molecule has 2 aromatic carbocycles. The molecule has 6 nitrogen and oxygen atoms in total. The first-order valence-corrected chi connectivity index (χ1v) is 8.80. The Morgan fingerprint density at radius 1 is 1.08 bits per heavy atom. The molecular formula is C20H30N6. The molecule has 0 saturated heterocycles. The van der Waals surface area contributed by atoms with Gasteiger partial charge in [-0.3, -0.25) is 5.01 Å². The van der Waals surface area contributed by atoms with Gasteiger partial charge in [0.25, 0.3) is 0 Å². The topological polar surface area (TPSA) is 82.6 Å². The largest absolute Gasteiger partial charge is 0.400 e. The van der Waals surface area contributed by atoms with E-state index in [4.69, 9.17) is 11.6 Å². The summed E-state index contributed by atoms with van der Waals surface area (Å²) in [5, 5.41) is 8.04. The number of nitrogens with one attached hydrogen (secondary N) is 2. The molecular weight excluding hydrogens is 324 g/mol. The number of hydrogen-bond donors (Lipinski definition) is 4. The van der Waals surface area contributed by atoms with Crippen molar-refractivity contribution < 1.29 is 0 Å². The Labute approximate surface area is 156 Å². The van der Waals surface area contributed by atoms with Gasteiger partial charge in [-0.25, -0.2) is 5.84 Å². The Bertz CT molecular complexity index is 686. The Morgan fingerprint density at radius 2 is 1.81 bits per heavy atom. The summed E-state index contributed by atoms with van der Waals surface area (Å²) >= 11 is 0. The molecule has 0 unspecified atom stereocenters. The molecule has 0 bridgehead atoms. The quantitative estimate of drug-likeness (QED) is 0.383. The van der Waals surface area contributed by atoms with E-state index >= 15 is 0 Å². The zero-order valence-electron chi connectivity index (χ0n) is 15.7. The smallest absolute Gasteiger partial charge is 0.0589 e. The van der Waals surface area contributed by atoms with E-state index < -0.39 is 0 Å². The molecule has 0 radical (unpaired) electrons. The number of nitrogens with two attached hydrogens (primary N) is 2. The lowest BCUT2D eigenvalue weighted by Crippen LogP contribution is -2.30. The van der Waals surface area contributed by atoms with Crippen LogP contribution in [0.4, 0.5) is 11.4 Å². The van der Waals surface area contributed by atoms with Gasteiger partial charge in [0.1, 0.15) is 0 Å². The van der Waals surface area contributed by atoms with E-state index in [9.17, 15) is 0 Å². The van der Waals surface area contributed by atoms with Gasteiger partial charge in [-0.05, 0) is 30.8 Å². The molecule has 0 saturated carbocycles. The Morgan fingerprint density at radius 3 is 2.54 bits per heavy atom. The zero-order chi connectivity index (χ0) is 18.8. The first kappa shape index (κ1) is 19.8. The highest BCUT2D eigenvalue weighted by Gasteiger charge is 2.05. The van der Waals surface area contributed by atoms with Gasteiger partial charge in [0.15, 0.2) is 0 Å². The van der Waals surface area contributed by atoms with Gasteiger partial charge < -0.3 is 21.3 Å². The van der Waals surface area contributed by atoms with Crippen molar-refractivity contribution in [1.29, 1.82) is 0 Å². The molecule has 0 aliphatic heterocycles. The molecule has 6 N–H and O–H groups in total. The lowest BCUT2D eigenvalue weighted by molar-refractivity contribution is 0.732. The highest BCUT2D eigenvalue weighted by Crippen LogP contribution is 2.20. The third-order valence-electron chi connectivity index (χ3n) is 4.07. The molecule has 0 aromatic heterocycles. The van der Waals surface area contributed by atoms with Crippen LogP contribution in [0.15, 0.2) is 66.5 Å². The fourth-order valence-electron chi connectivity index (χ4n) is 2.55. The van der Waals surface area contributed by atoms with Crippen LogP contribution in [0.25, 0.3) is 0 Å². The molecule has 6 heteroatoms. The SMILES string of the molecule is CNCCN(C)c1cccc(N(N)/C=C(\N)CNCc2ccccc2)c1. The fraction of sp³-hybridized carbons (Fsp3) is 0.300. The number of benzene rings is 2. The maximum Gasteiger partial charge on any atom is 0.0589 e. The lowest BCUT2D eigenvalue weighted by Gasteiger charge is -2.22. The summed E-state index contributed by atoms with van der Waals surface area (Å²) in [4.78, 5) is 2.18. The van der Waals surface area contributed by atoms with E-state index in [2.05, 4.69) is 46.8 Å². The van der Waals surface area contributed by atoms with E-state index in [0.717, 1.165) is 31.0 Å². The Kier molecular flexibility index (Phi) is 7.95. The molecule has 26 heavy (non-hydrogen) atoms. The molecule has 2 aromatic rings. The van der Waals surface area contributed by atoms with Crippen molar-refractivity contribution in [3.63, 3.8) is 0 Å². The van der Waals surface area contributed by atoms with Crippen molar-refractivity contribution in [1.82, 2.24) is 10.6 Å². The second kappa shape index (κ2) is 10.5. The minimum Gasteiger partial charge on any atom is -0.400 e. The van der Waals surface area contributed by atoms with E-state index in [1.54, 1.807) is 11.2 Å². The van der Waals surface area contributed by atoms with Crippen molar-refractivity contribution in [2.24, 2.45) is 11.6 Å². The van der Waals surface area contributed by atoms with Crippen LogP contribution in [-0.2, 0) is 6.54 Å². The summed E-state index contributed by atoms with van der Waals surface area (Å²) in [5.41, 5.74) is 10.0. The summed E-state index contributed by atoms with van der Waals surface area (Å²) in [6, 6.07) is 18.3. The number of likely N-dealkylation sites (N-methyl/N-ethyl adjacent to an activating group) is 2. The van der Waals surface area contributed by atoms with Gasteiger partial charge in [0.05, 0.1) is 5.69 Å². The van der Waals surface area contributed by atoms with Crippen molar-refractivity contribution in [2.75, 3.05) is 43.6 Å². The Balaban J connectivity index is 1.90. The number of anilines is 2. The molecule has 0 spiro atoms. The van der Waals surface area contributed by atoms with Gasteiger partial charge >= 0.3 is 0 Å². The van der Waals surface area contributed by atoms with Crippen LogP contribution in [0.3, 0.4) is 0 Å². The minimum atomic E-state index is 0.574. The summed E-state index contributed by atoms with van der Waals surface area (Å²) in [7, 11) is 4.01. The number of hydrazine groups is 1. The average Bonchev–Trinajstić information content (AvgIpc) is 2.67. The van der Waals surface area contributed by atoms with Crippen LogP contribution >= 0.6 is 0 Å². The predicted molar refractivity (Wildman–Crippen MR) is 111 cm³/mol. The van der Waals surface area contributed by atoms with Crippen LogP contribution in [-0.4, -0.2) is 33.7 Å². The number of hydrogen-bond acceptors (Lipinski definition) is 6. The van der Waals surface area contributed by atoms with E-state index in [1.165, 1.54) is 5.56 Å². The molecule has 140 valence electrons. The predicted octanol–water partition coefficient (Wildman–Crippen LogP) is 1.61. The monoisotopic (exact) mass is 354 g/mol. The van der Waals surface area contributed by atoms with Gasteiger partial charge in [0.2, 0.25) is 0 Å². The van der Waals surface area contributed by atoms with Crippen molar-refractivity contribution in [2.45, 2.75) is 6.54 Å². The second-order valence-corrected chi connectivity index (χ2v) is 6.25. The van der Waals surface area contributed by atoms with Crippen molar-refractivity contribution in [3.8, 4) is 0 Å². The van der Waals surface area contributed by atoms with Gasteiger partial charge in [-0.2, -0.15) is 0 Å². The normalized spacial score (nSPS) is 11.4. The number of rotatable bonds is 10. The first-order valence-electron chi connectivity index (χ1n) is 8.80. The molecule has 0 fully saturated rings. The third-order valence-corrected chi connectivity index (χ3v) is 4.07. The van der Waals surface area contributed by atoms with Crippen molar-refractivity contribution in [3.05, 3.63) is 72.1 Å². The third kappa shape index (κ3) is 6.40. The summed E-state index contributed by atoms with van der Waals surface area (Å²) in [6.45, 7) is 3.19. The molecule has 0 heterocycles. The summed E-state index contributed by atoms with van der Waals surface area (Å²) in [5.74, 6) is 6.17. The van der Waals surface area contributed by atoms with Crippen LogP contribution in [0.2, 0.25) is 0 Å². The highest BCUT2D eigenvalue weighted by atomic mass is 15.4. The van der Waals surface area contributed by atoms with Crippen LogP contribution in [0, 0.1) is 0 Å². The summed E-state index contributed by atoms with van der Waals surface area (Å²) < 4.78 is 0. The average molecular weight is 355 g/mol. The molecule has 0 amide bonds. The Hall–Kier alpha value is -2.54. The van der Waals surface area contributed by atoms with Gasteiger partial charge in [0, 0.05) is 50.8 Å². The maximum atomic E-state index is 6.17. The van der Waals surface area contributed by atoms with E-state index in [1.807, 2.05) is 37.4 Å². The van der Waals surface area contributed by atoms with Crippen molar-refractivity contribution >= 4 is 11.4 Å². The molecule has 0 aliphatic carbocycles. The minimum absolute atomic E-state index is 0.574. The molecule has 2 rings (SSSR count). The zero-order valence-corrected chi connectivity index (χ0v) is 15.7. The van der Waals surface area contributed by atoms with Gasteiger partial charge in [-0.1, -0.05) is 36.4 Å². The number of nitrogens with zero attached hydrogens (tertiary/aromatic N) is 2. The van der Waals surface area contributed by atoms with E-state index in [-0.39, 0.29) is 0 Å². The van der Waals surface area contributed by atoms with E-state index in [0.29, 0.717) is 12.2 Å². The maximum absolute atomic E-state index is 6.17. The molecule has 0 atom stereocenters. The highest BCUT2D eigenvalue weighted by molar-refractivity contribution is 5.59.